The van der Waals surface area contributed by atoms with Gasteiger partial charge in [-0.05, 0) is 0 Å². The second kappa shape index (κ2) is 6.98. The van der Waals surface area contributed by atoms with Crippen LogP contribution >= 0.6 is 0 Å². The van der Waals surface area contributed by atoms with Crippen LogP contribution in [0.2, 0.25) is 0 Å². The Morgan fingerprint density at radius 3 is 2.89 bits per heavy atom. The van der Waals surface area contributed by atoms with E-state index in [0.717, 1.165) is 0 Å². The Kier molecular flexibility index (Phi) is 5.61. The maximum absolute atomic E-state index is 11.8. The Bertz CT molecular complexity index is 398. The van der Waals surface area contributed by atoms with Gasteiger partial charge in [0.15, 0.2) is 5.82 Å². The molecule has 1 aromatic heterocycles. The molecule has 5 nitrogen and oxygen atoms in total. The standard InChI is InChI=1S/C10H12F3N3O2/c1-2-4-14-6-9-15-8(16-18-9)3-5-17-7-10(11,12)13/h1,14H,3-7H2. The van der Waals surface area contributed by atoms with Crippen molar-refractivity contribution in [2.24, 2.45) is 0 Å². The highest BCUT2D eigenvalue weighted by atomic mass is 19.4. The molecule has 1 rings (SSSR count). The zero-order chi connectivity index (χ0) is 13.4. The van der Waals surface area contributed by atoms with E-state index in [1.165, 1.54) is 0 Å². The first kappa shape index (κ1) is 14.5. The average Bonchev–Trinajstić information content (AvgIpc) is 2.72. The molecule has 1 heterocycles. The number of nitrogens with zero attached hydrogens (tertiary/aromatic N) is 2. The SMILES string of the molecule is C#CCNCc1nc(CCOCC(F)(F)F)no1. The van der Waals surface area contributed by atoms with E-state index in [0.29, 0.717) is 24.8 Å². The first-order valence-electron chi connectivity index (χ1n) is 5.11. The van der Waals surface area contributed by atoms with Crippen LogP contribution in [0.15, 0.2) is 4.52 Å². The van der Waals surface area contributed by atoms with Gasteiger partial charge in [-0.1, -0.05) is 11.1 Å². The first-order chi connectivity index (χ1) is 8.51. The smallest absolute Gasteiger partial charge is 0.372 e. The fraction of sp³-hybridized carbons (Fsp3) is 0.600. The zero-order valence-electron chi connectivity index (χ0n) is 9.46. The molecule has 0 aliphatic heterocycles. The fourth-order valence-electron chi connectivity index (χ4n) is 1.06. The van der Waals surface area contributed by atoms with Gasteiger partial charge < -0.3 is 9.26 Å². The minimum Gasteiger partial charge on any atom is -0.372 e. The number of halogens is 3. The van der Waals surface area contributed by atoms with Gasteiger partial charge in [0.1, 0.15) is 6.61 Å². The molecule has 0 radical (unpaired) electrons. The van der Waals surface area contributed by atoms with Crippen LogP contribution in [0, 0.1) is 12.3 Å². The Balaban J connectivity index is 2.21. The lowest BCUT2D eigenvalue weighted by Gasteiger charge is -2.05. The summed E-state index contributed by atoms with van der Waals surface area (Å²) in [6.45, 7) is -0.704. The van der Waals surface area contributed by atoms with Crippen molar-refractivity contribution in [3.05, 3.63) is 11.7 Å². The lowest BCUT2D eigenvalue weighted by molar-refractivity contribution is -0.173. The van der Waals surface area contributed by atoms with Crippen LogP contribution in [0.25, 0.3) is 0 Å². The molecular weight excluding hydrogens is 251 g/mol. The maximum Gasteiger partial charge on any atom is 0.411 e. The number of rotatable bonds is 7. The molecule has 0 aliphatic carbocycles. The lowest BCUT2D eigenvalue weighted by atomic mass is 10.4. The molecule has 0 aliphatic rings. The summed E-state index contributed by atoms with van der Waals surface area (Å²) >= 11 is 0. The number of terminal acetylenes is 1. The zero-order valence-corrected chi connectivity index (χ0v) is 9.46. The van der Waals surface area contributed by atoms with Gasteiger partial charge in [0, 0.05) is 6.42 Å². The lowest BCUT2D eigenvalue weighted by Crippen LogP contribution is -2.18. The molecule has 0 bridgehead atoms. The molecule has 0 unspecified atom stereocenters. The Hall–Kier alpha value is -1.59. The summed E-state index contributed by atoms with van der Waals surface area (Å²) < 4.78 is 44.5. The number of ether oxygens (including phenoxy) is 1. The highest BCUT2D eigenvalue weighted by molar-refractivity contribution is 4.90. The van der Waals surface area contributed by atoms with Crippen molar-refractivity contribution >= 4 is 0 Å². The van der Waals surface area contributed by atoms with Crippen molar-refractivity contribution in [2.45, 2.75) is 19.1 Å². The summed E-state index contributed by atoms with van der Waals surface area (Å²) in [7, 11) is 0. The van der Waals surface area contributed by atoms with Gasteiger partial charge in [0.05, 0.1) is 19.7 Å². The van der Waals surface area contributed by atoms with Gasteiger partial charge in [-0.25, -0.2) is 0 Å². The number of alkyl halides is 3. The summed E-state index contributed by atoms with van der Waals surface area (Å²) in [6.07, 6.45) is 0.870. The first-order valence-corrected chi connectivity index (χ1v) is 5.11. The highest BCUT2D eigenvalue weighted by Gasteiger charge is 2.27. The van der Waals surface area contributed by atoms with E-state index in [2.05, 4.69) is 26.1 Å². The van der Waals surface area contributed by atoms with Crippen molar-refractivity contribution in [2.75, 3.05) is 19.8 Å². The molecule has 1 aromatic rings. The van der Waals surface area contributed by atoms with E-state index in [9.17, 15) is 13.2 Å². The predicted octanol–water partition coefficient (Wildman–Crippen LogP) is 0.914. The fourth-order valence-corrected chi connectivity index (χ4v) is 1.06. The predicted molar refractivity (Wildman–Crippen MR) is 55.4 cm³/mol. The summed E-state index contributed by atoms with van der Waals surface area (Å²) in [5.74, 6) is 3.00. The van der Waals surface area contributed by atoms with Crippen LogP contribution < -0.4 is 5.32 Å². The molecule has 100 valence electrons. The topological polar surface area (TPSA) is 60.2 Å². The van der Waals surface area contributed by atoms with Crippen molar-refractivity contribution in [1.82, 2.24) is 15.5 Å². The van der Waals surface area contributed by atoms with E-state index in [1.54, 1.807) is 0 Å². The van der Waals surface area contributed by atoms with E-state index >= 15 is 0 Å². The van der Waals surface area contributed by atoms with Gasteiger partial charge >= 0.3 is 6.18 Å². The molecule has 0 spiro atoms. The number of hydrogen-bond acceptors (Lipinski definition) is 5. The third kappa shape index (κ3) is 6.22. The number of aromatic nitrogens is 2. The summed E-state index contributed by atoms with van der Waals surface area (Å²) in [5.41, 5.74) is 0. The van der Waals surface area contributed by atoms with E-state index < -0.39 is 12.8 Å². The average molecular weight is 263 g/mol. The minimum absolute atomic E-state index is 0.115. The molecule has 8 heteroatoms. The van der Waals surface area contributed by atoms with Crippen LogP contribution in [0.5, 0.6) is 0 Å². The Morgan fingerprint density at radius 2 is 2.22 bits per heavy atom. The van der Waals surface area contributed by atoms with Gasteiger partial charge in [-0.15, -0.1) is 6.42 Å². The number of nitrogens with one attached hydrogen (secondary N) is 1. The van der Waals surface area contributed by atoms with Gasteiger partial charge in [-0.3, -0.25) is 5.32 Å². The van der Waals surface area contributed by atoms with Crippen LogP contribution in [0.4, 0.5) is 13.2 Å². The van der Waals surface area contributed by atoms with Crippen LogP contribution in [-0.2, 0) is 17.7 Å². The van der Waals surface area contributed by atoms with E-state index in [1.807, 2.05) is 0 Å². The quantitative estimate of drug-likeness (QED) is 0.585. The van der Waals surface area contributed by atoms with Crippen molar-refractivity contribution in [3.63, 3.8) is 0 Å². The largest absolute Gasteiger partial charge is 0.411 e. The third-order valence-electron chi connectivity index (χ3n) is 1.75. The second-order valence-corrected chi connectivity index (χ2v) is 3.33. The van der Waals surface area contributed by atoms with Gasteiger partial charge in [0.2, 0.25) is 5.89 Å². The summed E-state index contributed by atoms with van der Waals surface area (Å²) in [4.78, 5) is 3.95. The molecule has 0 saturated carbocycles. The van der Waals surface area contributed by atoms with Crippen LogP contribution in [-0.4, -0.2) is 36.1 Å². The van der Waals surface area contributed by atoms with Gasteiger partial charge in [0.25, 0.3) is 0 Å². The molecule has 18 heavy (non-hydrogen) atoms. The Labute approximate surface area is 102 Å². The monoisotopic (exact) mass is 263 g/mol. The molecule has 0 atom stereocenters. The third-order valence-corrected chi connectivity index (χ3v) is 1.75. The van der Waals surface area contributed by atoms with Crippen molar-refractivity contribution in [3.8, 4) is 12.3 Å². The summed E-state index contributed by atoms with van der Waals surface area (Å²) in [5, 5.41) is 6.43. The van der Waals surface area contributed by atoms with Crippen LogP contribution in [0.3, 0.4) is 0 Å². The Morgan fingerprint density at radius 1 is 1.44 bits per heavy atom. The molecular formula is C10H12F3N3O2. The van der Waals surface area contributed by atoms with Gasteiger partial charge in [-0.2, -0.15) is 18.2 Å². The van der Waals surface area contributed by atoms with Crippen LogP contribution in [0.1, 0.15) is 11.7 Å². The highest BCUT2D eigenvalue weighted by Crippen LogP contribution is 2.14. The van der Waals surface area contributed by atoms with Crippen molar-refractivity contribution in [1.29, 1.82) is 0 Å². The molecule has 1 N–H and O–H groups in total. The van der Waals surface area contributed by atoms with E-state index in [4.69, 9.17) is 10.9 Å². The summed E-state index contributed by atoms with van der Waals surface area (Å²) in [6, 6.07) is 0. The molecule has 0 saturated heterocycles. The minimum atomic E-state index is -4.32. The molecule has 0 aromatic carbocycles. The normalized spacial score (nSPS) is 11.4. The number of hydrogen-bond donors (Lipinski definition) is 1. The molecule has 0 amide bonds. The second-order valence-electron chi connectivity index (χ2n) is 3.33. The maximum atomic E-state index is 11.8. The van der Waals surface area contributed by atoms with E-state index in [-0.39, 0.29) is 13.0 Å². The van der Waals surface area contributed by atoms with Crippen molar-refractivity contribution < 1.29 is 22.4 Å². The molecule has 0 fully saturated rings.